The van der Waals surface area contributed by atoms with E-state index in [-0.39, 0.29) is 26.5 Å². The van der Waals surface area contributed by atoms with Gasteiger partial charge in [0.2, 0.25) is 0 Å². The molecule has 4 rings (SSSR count). The molecule has 0 saturated carbocycles. The third kappa shape index (κ3) is 4.15. The van der Waals surface area contributed by atoms with Crippen LogP contribution < -0.4 is 4.90 Å². The molecule has 0 atom stereocenters. The van der Waals surface area contributed by atoms with Gasteiger partial charge in [-0.15, -0.1) is 27.8 Å². The van der Waals surface area contributed by atoms with Crippen molar-refractivity contribution in [3.8, 4) is 16.6 Å². The van der Waals surface area contributed by atoms with E-state index < -0.39 is 11.7 Å². The smallest absolute Gasteiger partial charge is 0.378 e. The van der Waals surface area contributed by atoms with Crippen molar-refractivity contribution in [1.82, 2.24) is 4.98 Å². The van der Waals surface area contributed by atoms with Gasteiger partial charge in [0.05, 0.1) is 27.2 Å². The Balaban J connectivity index is 1.87. The highest BCUT2D eigenvalue weighted by molar-refractivity contribution is 7.20. The summed E-state index contributed by atoms with van der Waals surface area (Å²) in [7, 11) is 3.78. The summed E-state index contributed by atoms with van der Waals surface area (Å²) >= 11 is 2.17. The van der Waals surface area contributed by atoms with Gasteiger partial charge >= 0.3 is 6.18 Å². The third-order valence-electron chi connectivity index (χ3n) is 4.45. The Labute approximate surface area is 183 Å². The molecule has 0 aliphatic rings. The molecule has 3 aromatic heterocycles. The number of anilines is 1. The summed E-state index contributed by atoms with van der Waals surface area (Å²) in [6, 6.07) is 13.4. The largest absolute Gasteiger partial charge is 0.417 e. The highest BCUT2D eigenvalue weighted by Gasteiger charge is 2.36. The number of fused-ring (bicyclic) bond motifs is 1. The fraction of sp³-hybridized carbons (Fsp3) is 0.143. The van der Waals surface area contributed by atoms with Crippen LogP contribution in [0.3, 0.4) is 0 Å². The number of nitriles is 1. The van der Waals surface area contributed by atoms with Gasteiger partial charge in [-0.1, -0.05) is 6.07 Å². The van der Waals surface area contributed by atoms with Crippen molar-refractivity contribution in [3.05, 3.63) is 58.3 Å². The van der Waals surface area contributed by atoms with Gasteiger partial charge in [0.15, 0.2) is 0 Å². The van der Waals surface area contributed by atoms with Crippen molar-refractivity contribution < 1.29 is 13.2 Å². The molecule has 10 heteroatoms. The molecular weight excluding hydrogens is 443 g/mol. The van der Waals surface area contributed by atoms with Crippen molar-refractivity contribution in [2.45, 2.75) is 6.18 Å². The number of hydrogen-bond donors (Lipinski definition) is 0. The van der Waals surface area contributed by atoms with Crippen molar-refractivity contribution in [2.75, 3.05) is 19.0 Å². The van der Waals surface area contributed by atoms with Gasteiger partial charge in [-0.2, -0.15) is 23.5 Å². The number of alkyl halides is 3. The lowest BCUT2D eigenvalue weighted by atomic mass is 10.1. The van der Waals surface area contributed by atoms with E-state index >= 15 is 0 Å². The Hall–Kier alpha value is -3.29. The summed E-state index contributed by atoms with van der Waals surface area (Å²) < 4.78 is 41.8. The van der Waals surface area contributed by atoms with Crippen LogP contribution in [0.4, 0.5) is 30.2 Å². The molecule has 31 heavy (non-hydrogen) atoms. The Morgan fingerprint density at radius 1 is 1.10 bits per heavy atom. The lowest BCUT2D eigenvalue weighted by Gasteiger charge is -2.11. The predicted molar refractivity (Wildman–Crippen MR) is 118 cm³/mol. The molecule has 0 bridgehead atoms. The number of rotatable bonds is 4. The van der Waals surface area contributed by atoms with Gasteiger partial charge in [0.25, 0.3) is 0 Å². The molecule has 0 saturated heterocycles. The van der Waals surface area contributed by atoms with Crippen LogP contribution in [-0.4, -0.2) is 19.1 Å². The van der Waals surface area contributed by atoms with E-state index in [0.717, 1.165) is 23.1 Å². The first-order valence-electron chi connectivity index (χ1n) is 8.96. The van der Waals surface area contributed by atoms with Crippen LogP contribution in [0.2, 0.25) is 0 Å². The zero-order valence-electron chi connectivity index (χ0n) is 16.3. The summed E-state index contributed by atoms with van der Waals surface area (Å²) in [6.45, 7) is 0. The van der Waals surface area contributed by atoms with Crippen molar-refractivity contribution in [3.63, 3.8) is 0 Å². The third-order valence-corrected chi connectivity index (χ3v) is 6.32. The zero-order valence-corrected chi connectivity index (χ0v) is 17.9. The number of nitrogens with zero attached hydrogens (tertiary/aromatic N) is 5. The van der Waals surface area contributed by atoms with E-state index in [9.17, 15) is 18.4 Å². The molecular formula is C21H14F3N5S2. The standard InChI is InChI=1S/C21H14F3N5S2/c1-29(2)13-7-5-12(6-8-13)27-28-19-17(11-25)31-20-18(19)14(21(22,23)24)10-15(26-20)16-4-3-9-30-16/h3-10H,1-2H3. The summed E-state index contributed by atoms with van der Waals surface area (Å²) in [5.74, 6) is 0. The molecule has 5 nitrogen and oxygen atoms in total. The average molecular weight is 458 g/mol. The van der Waals surface area contributed by atoms with Gasteiger partial charge in [0, 0.05) is 19.8 Å². The maximum Gasteiger partial charge on any atom is 0.417 e. The van der Waals surface area contributed by atoms with E-state index in [4.69, 9.17) is 0 Å². The van der Waals surface area contributed by atoms with Crippen LogP contribution in [0.1, 0.15) is 10.4 Å². The summed E-state index contributed by atoms with van der Waals surface area (Å²) in [6.07, 6.45) is -4.64. The fourth-order valence-corrected chi connectivity index (χ4v) is 4.57. The molecule has 4 aromatic rings. The van der Waals surface area contributed by atoms with Crippen molar-refractivity contribution in [1.29, 1.82) is 5.26 Å². The maximum absolute atomic E-state index is 13.9. The minimum atomic E-state index is -4.64. The highest BCUT2D eigenvalue weighted by atomic mass is 32.1. The topological polar surface area (TPSA) is 64.6 Å². The predicted octanol–water partition coefficient (Wildman–Crippen LogP) is 7.40. The first kappa shape index (κ1) is 21.0. The quantitative estimate of drug-likeness (QED) is 0.300. The second-order valence-corrected chi connectivity index (χ2v) is 8.66. The summed E-state index contributed by atoms with van der Waals surface area (Å²) in [5.41, 5.74) is 0.628. The first-order valence-corrected chi connectivity index (χ1v) is 10.7. The van der Waals surface area contributed by atoms with Gasteiger partial charge < -0.3 is 4.90 Å². The van der Waals surface area contributed by atoms with Crippen LogP contribution in [0.15, 0.2) is 58.1 Å². The number of pyridine rings is 1. The van der Waals surface area contributed by atoms with E-state index in [2.05, 4.69) is 15.2 Å². The van der Waals surface area contributed by atoms with E-state index in [1.54, 1.807) is 29.6 Å². The number of halogens is 3. The van der Waals surface area contributed by atoms with Crippen molar-refractivity contribution >= 4 is 50.0 Å². The van der Waals surface area contributed by atoms with E-state index in [1.807, 2.05) is 37.2 Å². The van der Waals surface area contributed by atoms with Crippen LogP contribution >= 0.6 is 22.7 Å². The Morgan fingerprint density at radius 2 is 1.84 bits per heavy atom. The number of aromatic nitrogens is 1. The monoisotopic (exact) mass is 457 g/mol. The van der Waals surface area contributed by atoms with Gasteiger partial charge in [-0.05, 0) is 41.8 Å². The summed E-state index contributed by atoms with van der Waals surface area (Å²) in [4.78, 5) is 7.04. The van der Waals surface area contributed by atoms with Gasteiger partial charge in [-0.3, -0.25) is 0 Å². The van der Waals surface area contributed by atoms with E-state index in [1.165, 1.54) is 11.3 Å². The average Bonchev–Trinajstić information content (AvgIpc) is 3.39. The van der Waals surface area contributed by atoms with Crippen LogP contribution in [0.5, 0.6) is 0 Å². The molecule has 0 aliphatic carbocycles. The Morgan fingerprint density at radius 3 is 2.42 bits per heavy atom. The minimum absolute atomic E-state index is 0.0324. The van der Waals surface area contributed by atoms with Crippen molar-refractivity contribution in [2.24, 2.45) is 10.2 Å². The molecule has 0 N–H and O–H groups in total. The molecule has 156 valence electrons. The zero-order chi connectivity index (χ0) is 22.2. The lowest BCUT2D eigenvalue weighted by molar-refractivity contribution is -0.136. The van der Waals surface area contributed by atoms with Crippen LogP contribution in [-0.2, 0) is 6.18 Å². The highest BCUT2D eigenvalue weighted by Crippen LogP contribution is 2.46. The second-order valence-electron chi connectivity index (χ2n) is 6.71. The fourth-order valence-electron chi connectivity index (χ4n) is 2.95. The van der Waals surface area contributed by atoms with Gasteiger partial charge in [-0.25, -0.2) is 4.98 Å². The molecule has 0 amide bonds. The summed E-state index contributed by atoms with van der Waals surface area (Å²) in [5, 5.41) is 19.2. The normalized spacial score (nSPS) is 11.9. The second kappa shape index (κ2) is 8.09. The molecule has 1 aromatic carbocycles. The number of benzene rings is 1. The minimum Gasteiger partial charge on any atom is -0.378 e. The Kier molecular flexibility index (Phi) is 5.47. The number of azo groups is 1. The van der Waals surface area contributed by atoms with E-state index in [0.29, 0.717) is 10.6 Å². The molecule has 0 radical (unpaired) electrons. The first-order chi connectivity index (χ1) is 14.8. The molecule has 0 unspecified atom stereocenters. The molecule has 3 heterocycles. The van der Waals surface area contributed by atoms with Gasteiger partial charge in [0.1, 0.15) is 21.5 Å². The van der Waals surface area contributed by atoms with Crippen LogP contribution in [0.25, 0.3) is 20.8 Å². The Bertz CT molecular complexity index is 1300. The van der Waals surface area contributed by atoms with Crippen LogP contribution in [0, 0.1) is 11.3 Å². The maximum atomic E-state index is 13.9. The molecule has 0 fully saturated rings. The molecule has 0 spiro atoms. The number of hydrogen-bond acceptors (Lipinski definition) is 7. The number of thiophene rings is 2. The SMILES string of the molecule is CN(C)c1ccc(N=Nc2c(C#N)sc3nc(-c4cccs4)cc(C(F)(F)F)c23)cc1. The molecule has 0 aliphatic heterocycles. The lowest BCUT2D eigenvalue weighted by Crippen LogP contribution is -2.07.